The predicted molar refractivity (Wildman–Crippen MR) is 93.1 cm³/mol. The number of nitrogens with one attached hydrogen (secondary N) is 1. The van der Waals surface area contributed by atoms with Crippen LogP contribution in [0.5, 0.6) is 5.75 Å². The van der Waals surface area contributed by atoms with Crippen LogP contribution in [0.2, 0.25) is 0 Å². The van der Waals surface area contributed by atoms with E-state index in [9.17, 15) is 9.90 Å². The molecule has 1 fully saturated rings. The molecule has 0 radical (unpaired) electrons. The van der Waals surface area contributed by atoms with Gasteiger partial charge in [-0.05, 0) is 53.7 Å². The number of hydrogen-bond acceptors (Lipinski definition) is 4. The molecule has 0 saturated carbocycles. The normalized spacial score (nSPS) is 18.0. The van der Waals surface area contributed by atoms with Crippen LogP contribution in [0.4, 0.5) is 5.69 Å². The number of carbonyl (C=O) groups excluding carboxylic acids is 1. The fourth-order valence-electron chi connectivity index (χ4n) is 1.91. The van der Waals surface area contributed by atoms with Gasteiger partial charge in [-0.25, -0.2) is 4.99 Å². The third-order valence-electron chi connectivity index (χ3n) is 2.86. The number of hydrogen-bond donors (Lipinski definition) is 2. The lowest BCUT2D eigenvalue weighted by atomic mass is 10.2. The molecular formula is C16H11BrN2O2S. The molecule has 4 nitrogen and oxygen atoms in total. The van der Waals surface area contributed by atoms with Gasteiger partial charge in [-0.1, -0.05) is 34.1 Å². The van der Waals surface area contributed by atoms with E-state index in [2.05, 4.69) is 26.2 Å². The fourth-order valence-corrected chi connectivity index (χ4v) is 3.14. The highest BCUT2D eigenvalue weighted by Crippen LogP contribution is 2.29. The summed E-state index contributed by atoms with van der Waals surface area (Å²) in [4.78, 5) is 16.9. The number of amidine groups is 1. The van der Waals surface area contributed by atoms with Crippen LogP contribution in [0, 0.1) is 0 Å². The van der Waals surface area contributed by atoms with E-state index in [4.69, 9.17) is 0 Å². The van der Waals surface area contributed by atoms with E-state index in [0.717, 1.165) is 15.7 Å². The molecule has 2 aromatic rings. The van der Waals surface area contributed by atoms with Gasteiger partial charge < -0.3 is 10.4 Å². The van der Waals surface area contributed by atoms with Crippen molar-refractivity contribution >= 4 is 50.5 Å². The summed E-state index contributed by atoms with van der Waals surface area (Å²) in [6.07, 6.45) is 1.73. The maximum absolute atomic E-state index is 12.0. The summed E-state index contributed by atoms with van der Waals surface area (Å²) in [7, 11) is 0. The molecule has 6 heteroatoms. The number of phenols is 1. The van der Waals surface area contributed by atoms with Gasteiger partial charge in [0.1, 0.15) is 5.75 Å². The van der Waals surface area contributed by atoms with Gasteiger partial charge in [0.2, 0.25) is 0 Å². The molecular weight excluding hydrogens is 364 g/mol. The maximum atomic E-state index is 12.0. The minimum Gasteiger partial charge on any atom is -0.508 e. The molecule has 0 bridgehead atoms. The Kier molecular flexibility index (Phi) is 4.31. The second kappa shape index (κ2) is 6.37. The molecule has 3 rings (SSSR count). The first-order chi connectivity index (χ1) is 10.6. The van der Waals surface area contributed by atoms with E-state index >= 15 is 0 Å². The highest BCUT2D eigenvalue weighted by atomic mass is 79.9. The highest BCUT2D eigenvalue weighted by Gasteiger charge is 2.23. The number of nitrogens with zero attached hydrogens (tertiary/aromatic N) is 1. The van der Waals surface area contributed by atoms with E-state index in [0.29, 0.717) is 10.1 Å². The molecule has 110 valence electrons. The van der Waals surface area contributed by atoms with Crippen molar-refractivity contribution < 1.29 is 9.90 Å². The minimum atomic E-state index is -0.193. The average molecular weight is 375 g/mol. The van der Waals surface area contributed by atoms with Crippen LogP contribution < -0.4 is 5.32 Å². The fraction of sp³-hybridized carbons (Fsp3) is 0. The third-order valence-corrected chi connectivity index (χ3v) is 4.26. The molecule has 1 saturated heterocycles. The second-order valence-electron chi connectivity index (χ2n) is 4.56. The number of thioether (sulfide) groups is 1. The van der Waals surface area contributed by atoms with Gasteiger partial charge in [0.25, 0.3) is 5.91 Å². The van der Waals surface area contributed by atoms with Gasteiger partial charge in [-0.3, -0.25) is 4.79 Å². The summed E-state index contributed by atoms with van der Waals surface area (Å²) in [6.45, 7) is 0. The van der Waals surface area contributed by atoms with Crippen LogP contribution >= 0.6 is 27.7 Å². The smallest absolute Gasteiger partial charge is 0.264 e. The van der Waals surface area contributed by atoms with E-state index < -0.39 is 0 Å². The van der Waals surface area contributed by atoms with E-state index in [1.807, 2.05) is 30.3 Å². The Morgan fingerprint density at radius 2 is 2.00 bits per heavy atom. The summed E-state index contributed by atoms with van der Waals surface area (Å²) in [5.41, 5.74) is 1.53. The molecule has 0 spiro atoms. The van der Waals surface area contributed by atoms with Gasteiger partial charge >= 0.3 is 0 Å². The number of rotatable bonds is 2. The lowest BCUT2D eigenvalue weighted by molar-refractivity contribution is -0.115. The van der Waals surface area contributed by atoms with Crippen LogP contribution in [-0.4, -0.2) is 16.2 Å². The molecule has 1 aliphatic heterocycles. The Morgan fingerprint density at radius 1 is 1.18 bits per heavy atom. The van der Waals surface area contributed by atoms with Crippen molar-refractivity contribution in [1.29, 1.82) is 0 Å². The molecule has 0 aromatic heterocycles. The molecule has 0 atom stereocenters. The van der Waals surface area contributed by atoms with Crippen molar-refractivity contribution in [3.05, 3.63) is 63.5 Å². The van der Waals surface area contributed by atoms with Gasteiger partial charge in [0.05, 0.1) is 10.6 Å². The second-order valence-corrected chi connectivity index (χ2v) is 6.50. The van der Waals surface area contributed by atoms with Crippen molar-refractivity contribution in [1.82, 2.24) is 5.32 Å². The summed E-state index contributed by atoms with van der Waals surface area (Å²) in [6, 6.07) is 14.3. The van der Waals surface area contributed by atoms with Crippen LogP contribution in [-0.2, 0) is 4.79 Å². The first kappa shape index (κ1) is 14.9. The summed E-state index contributed by atoms with van der Waals surface area (Å²) in [5.74, 6) is -0.0251. The zero-order chi connectivity index (χ0) is 15.5. The Hall–Kier alpha value is -2.05. The van der Waals surface area contributed by atoms with Gasteiger partial charge in [0.15, 0.2) is 5.17 Å². The number of halogens is 1. The zero-order valence-electron chi connectivity index (χ0n) is 11.3. The number of amides is 1. The Bertz CT molecular complexity index is 802. The summed E-state index contributed by atoms with van der Waals surface area (Å²) >= 11 is 4.66. The maximum Gasteiger partial charge on any atom is 0.264 e. The molecule has 1 heterocycles. The number of carbonyl (C=O) groups is 1. The van der Waals surface area contributed by atoms with Crippen molar-refractivity contribution in [2.24, 2.45) is 4.99 Å². The molecule has 1 amide bonds. The Balaban J connectivity index is 1.84. The number of phenolic OH excluding ortho intramolecular Hbond substituents is 1. The minimum absolute atomic E-state index is 0.167. The number of aromatic hydroxyl groups is 1. The Labute approximate surface area is 140 Å². The number of benzene rings is 2. The lowest BCUT2D eigenvalue weighted by Gasteiger charge is -1.97. The molecule has 2 N–H and O–H groups in total. The third kappa shape index (κ3) is 3.58. The van der Waals surface area contributed by atoms with Crippen LogP contribution in [0.25, 0.3) is 6.08 Å². The first-order valence-corrected chi connectivity index (χ1v) is 8.05. The Morgan fingerprint density at radius 3 is 2.77 bits per heavy atom. The monoisotopic (exact) mass is 374 g/mol. The molecule has 1 aliphatic rings. The largest absolute Gasteiger partial charge is 0.508 e. The van der Waals surface area contributed by atoms with Crippen molar-refractivity contribution in [2.75, 3.05) is 0 Å². The predicted octanol–water partition coefficient (Wildman–Crippen LogP) is 4.05. The van der Waals surface area contributed by atoms with Gasteiger partial charge in [0, 0.05) is 4.47 Å². The quantitative estimate of drug-likeness (QED) is 0.779. The topological polar surface area (TPSA) is 61.7 Å². The highest BCUT2D eigenvalue weighted by molar-refractivity contribution is 9.10. The summed E-state index contributed by atoms with van der Waals surface area (Å²) < 4.78 is 0.930. The standard InChI is InChI=1S/C16H11BrN2O2S/c17-11-4-2-5-12(9-11)18-16-19-15(21)14(22-16)8-10-3-1-6-13(20)7-10/h1-9,20H,(H,18,19,21)/b14-8-. The molecule has 2 aromatic carbocycles. The molecule has 0 unspecified atom stereocenters. The van der Waals surface area contributed by atoms with Gasteiger partial charge in [-0.15, -0.1) is 0 Å². The first-order valence-electron chi connectivity index (χ1n) is 6.44. The summed E-state index contributed by atoms with van der Waals surface area (Å²) in [5, 5.41) is 12.7. The molecule has 0 aliphatic carbocycles. The van der Waals surface area contributed by atoms with Crippen LogP contribution in [0.15, 0.2) is 62.9 Å². The van der Waals surface area contributed by atoms with Crippen molar-refractivity contribution in [2.45, 2.75) is 0 Å². The van der Waals surface area contributed by atoms with Crippen molar-refractivity contribution in [3.63, 3.8) is 0 Å². The van der Waals surface area contributed by atoms with Gasteiger partial charge in [-0.2, -0.15) is 0 Å². The SMILES string of the molecule is O=C1NC(=Nc2cccc(Br)c2)S/C1=C\c1cccc(O)c1. The molecule has 22 heavy (non-hydrogen) atoms. The van der Waals surface area contributed by atoms with Crippen LogP contribution in [0.3, 0.4) is 0 Å². The lowest BCUT2D eigenvalue weighted by Crippen LogP contribution is -2.19. The van der Waals surface area contributed by atoms with Crippen LogP contribution in [0.1, 0.15) is 5.56 Å². The number of aliphatic imine (C=N–C) groups is 1. The zero-order valence-corrected chi connectivity index (χ0v) is 13.7. The average Bonchev–Trinajstić information content (AvgIpc) is 2.79. The van der Waals surface area contributed by atoms with Crippen molar-refractivity contribution in [3.8, 4) is 5.75 Å². The van der Waals surface area contributed by atoms with E-state index in [1.54, 1.807) is 24.3 Å². The van der Waals surface area contributed by atoms with E-state index in [1.165, 1.54) is 11.8 Å². The van der Waals surface area contributed by atoms with E-state index in [-0.39, 0.29) is 11.7 Å².